The first-order valence-corrected chi connectivity index (χ1v) is 6.18. The summed E-state index contributed by atoms with van der Waals surface area (Å²) in [4.78, 5) is 15.8. The van der Waals surface area contributed by atoms with E-state index in [0.717, 1.165) is 12.1 Å². The molecule has 98 valence electrons. The van der Waals surface area contributed by atoms with E-state index < -0.39 is 11.7 Å². The molecule has 19 heavy (non-hydrogen) atoms. The van der Waals surface area contributed by atoms with E-state index in [1.54, 1.807) is 0 Å². The molecular formula is C12H6Cl3FN2O. The van der Waals surface area contributed by atoms with Crippen molar-refractivity contribution >= 4 is 46.4 Å². The van der Waals surface area contributed by atoms with Crippen LogP contribution in [0.15, 0.2) is 30.6 Å². The van der Waals surface area contributed by atoms with Crippen molar-refractivity contribution in [3.05, 3.63) is 57.0 Å². The van der Waals surface area contributed by atoms with E-state index in [2.05, 4.69) is 10.3 Å². The summed E-state index contributed by atoms with van der Waals surface area (Å²) in [5.41, 5.74) is 0.287. The van der Waals surface area contributed by atoms with Crippen molar-refractivity contribution in [2.75, 3.05) is 5.32 Å². The number of hydrogen-bond acceptors (Lipinski definition) is 2. The van der Waals surface area contributed by atoms with Crippen LogP contribution in [0.1, 0.15) is 10.4 Å². The number of nitrogens with one attached hydrogen (secondary N) is 1. The lowest BCUT2D eigenvalue weighted by molar-refractivity contribution is 0.102. The number of aromatic nitrogens is 1. The van der Waals surface area contributed by atoms with E-state index in [1.807, 2.05) is 0 Å². The first-order valence-electron chi connectivity index (χ1n) is 5.04. The van der Waals surface area contributed by atoms with Crippen LogP contribution in [0.4, 0.5) is 10.1 Å². The Labute approximate surface area is 123 Å². The van der Waals surface area contributed by atoms with Gasteiger partial charge in [0, 0.05) is 12.4 Å². The highest BCUT2D eigenvalue weighted by Crippen LogP contribution is 2.32. The predicted octanol–water partition coefficient (Wildman–Crippen LogP) is 4.43. The fraction of sp³-hybridized carbons (Fsp3) is 0. The van der Waals surface area contributed by atoms with Crippen LogP contribution in [0, 0.1) is 5.82 Å². The van der Waals surface area contributed by atoms with Crippen molar-refractivity contribution in [2.24, 2.45) is 0 Å². The molecule has 0 radical (unpaired) electrons. The van der Waals surface area contributed by atoms with Crippen LogP contribution in [0.25, 0.3) is 0 Å². The molecule has 1 aromatic heterocycles. The summed E-state index contributed by atoms with van der Waals surface area (Å²) in [5, 5.41) is 2.70. The summed E-state index contributed by atoms with van der Waals surface area (Å²) in [7, 11) is 0. The summed E-state index contributed by atoms with van der Waals surface area (Å²) in [6.45, 7) is 0. The lowest BCUT2D eigenvalue weighted by Gasteiger charge is -2.10. The van der Waals surface area contributed by atoms with Gasteiger partial charge in [-0.05, 0) is 18.2 Å². The number of rotatable bonds is 2. The smallest absolute Gasteiger partial charge is 0.258 e. The number of anilines is 1. The number of halogens is 4. The summed E-state index contributed by atoms with van der Waals surface area (Å²) in [6.07, 6.45) is 2.76. The third kappa shape index (κ3) is 3.15. The molecule has 2 rings (SSSR count). The van der Waals surface area contributed by atoms with Gasteiger partial charge >= 0.3 is 0 Å². The Kier molecular flexibility index (Phi) is 4.24. The summed E-state index contributed by atoms with van der Waals surface area (Å²) in [5.74, 6) is -1.12. The lowest BCUT2D eigenvalue weighted by atomic mass is 10.2. The van der Waals surface area contributed by atoms with Gasteiger partial charge in [0.15, 0.2) is 0 Å². The fourth-order valence-corrected chi connectivity index (χ4v) is 2.13. The maximum Gasteiger partial charge on any atom is 0.258 e. The second-order valence-corrected chi connectivity index (χ2v) is 4.78. The molecule has 0 fully saturated rings. The Bertz CT molecular complexity index is 626. The lowest BCUT2D eigenvalue weighted by Crippen LogP contribution is -2.13. The van der Waals surface area contributed by atoms with E-state index in [0.29, 0.717) is 0 Å². The zero-order valence-corrected chi connectivity index (χ0v) is 11.5. The number of pyridine rings is 1. The van der Waals surface area contributed by atoms with Crippen molar-refractivity contribution in [3.63, 3.8) is 0 Å². The Morgan fingerprint density at radius 2 is 1.79 bits per heavy atom. The van der Waals surface area contributed by atoms with Crippen LogP contribution in [0.5, 0.6) is 0 Å². The van der Waals surface area contributed by atoms with Crippen LogP contribution >= 0.6 is 34.8 Å². The normalized spacial score (nSPS) is 10.3. The quantitative estimate of drug-likeness (QED) is 0.889. The molecule has 2 aromatic rings. The molecule has 0 aliphatic carbocycles. The number of benzene rings is 1. The van der Waals surface area contributed by atoms with Gasteiger partial charge in [-0.2, -0.15) is 0 Å². The molecule has 0 aliphatic rings. The van der Waals surface area contributed by atoms with E-state index >= 15 is 0 Å². The molecule has 0 saturated carbocycles. The van der Waals surface area contributed by atoms with Gasteiger partial charge in [0.05, 0.1) is 26.3 Å². The zero-order chi connectivity index (χ0) is 14.0. The second kappa shape index (κ2) is 5.74. The molecule has 0 spiro atoms. The minimum Gasteiger partial charge on any atom is -0.319 e. The molecule has 1 heterocycles. The van der Waals surface area contributed by atoms with Gasteiger partial charge in [0.2, 0.25) is 0 Å². The highest BCUT2D eigenvalue weighted by atomic mass is 35.5. The minimum atomic E-state index is -0.590. The van der Waals surface area contributed by atoms with E-state index in [4.69, 9.17) is 34.8 Å². The molecule has 0 atom stereocenters. The van der Waals surface area contributed by atoms with Crippen LogP contribution < -0.4 is 5.32 Å². The number of hydrogen-bond donors (Lipinski definition) is 1. The van der Waals surface area contributed by atoms with Gasteiger partial charge in [-0.25, -0.2) is 4.39 Å². The highest BCUT2D eigenvalue weighted by Gasteiger charge is 2.15. The zero-order valence-electron chi connectivity index (χ0n) is 9.25. The molecule has 0 unspecified atom stereocenters. The monoisotopic (exact) mass is 318 g/mol. The first kappa shape index (κ1) is 14.1. The molecule has 0 aliphatic heterocycles. The van der Waals surface area contributed by atoms with Crippen LogP contribution in [0.2, 0.25) is 15.1 Å². The molecule has 1 aromatic carbocycles. The average Bonchev–Trinajstić information content (AvgIpc) is 2.34. The molecular weight excluding hydrogens is 314 g/mol. The van der Waals surface area contributed by atoms with E-state index in [9.17, 15) is 9.18 Å². The Hall–Kier alpha value is -1.36. The van der Waals surface area contributed by atoms with Crippen LogP contribution in [0.3, 0.4) is 0 Å². The number of amides is 1. The van der Waals surface area contributed by atoms with Gasteiger partial charge < -0.3 is 5.32 Å². The van der Waals surface area contributed by atoms with E-state index in [-0.39, 0.29) is 26.3 Å². The highest BCUT2D eigenvalue weighted by molar-refractivity contribution is 6.40. The van der Waals surface area contributed by atoms with E-state index in [1.165, 1.54) is 18.5 Å². The minimum absolute atomic E-state index is 0.00152. The van der Waals surface area contributed by atoms with Crippen molar-refractivity contribution in [2.45, 2.75) is 0 Å². The molecule has 1 N–H and O–H groups in total. The average molecular weight is 320 g/mol. The molecule has 0 bridgehead atoms. The first-order chi connectivity index (χ1) is 8.99. The van der Waals surface area contributed by atoms with Crippen LogP contribution in [-0.2, 0) is 0 Å². The molecule has 7 heteroatoms. The standard InChI is InChI=1S/C12H6Cl3FN2O/c13-8-1-2-17-5-7(8)12(19)18-11-9(14)3-6(16)4-10(11)15/h1-5H,(H,18,19). The maximum absolute atomic E-state index is 13.0. The Morgan fingerprint density at radius 3 is 2.37 bits per heavy atom. The van der Waals surface area contributed by atoms with Gasteiger partial charge in [0.25, 0.3) is 5.91 Å². The van der Waals surface area contributed by atoms with Crippen molar-refractivity contribution < 1.29 is 9.18 Å². The third-order valence-electron chi connectivity index (χ3n) is 2.26. The number of nitrogens with zero attached hydrogens (tertiary/aromatic N) is 1. The number of carbonyl (C=O) groups is 1. The Morgan fingerprint density at radius 1 is 1.16 bits per heavy atom. The predicted molar refractivity (Wildman–Crippen MR) is 73.6 cm³/mol. The summed E-state index contributed by atoms with van der Waals surface area (Å²) < 4.78 is 13.0. The summed E-state index contributed by atoms with van der Waals surface area (Å²) >= 11 is 17.5. The molecule has 3 nitrogen and oxygen atoms in total. The fourth-order valence-electron chi connectivity index (χ4n) is 1.39. The van der Waals surface area contributed by atoms with Gasteiger partial charge in [-0.3, -0.25) is 9.78 Å². The number of carbonyl (C=O) groups excluding carboxylic acids is 1. The molecule has 1 amide bonds. The van der Waals surface area contributed by atoms with Crippen molar-refractivity contribution in [3.8, 4) is 0 Å². The van der Waals surface area contributed by atoms with Gasteiger partial charge in [-0.1, -0.05) is 34.8 Å². The third-order valence-corrected chi connectivity index (χ3v) is 3.18. The summed E-state index contributed by atoms with van der Waals surface area (Å²) in [6, 6.07) is 3.58. The molecule has 0 saturated heterocycles. The van der Waals surface area contributed by atoms with Crippen molar-refractivity contribution in [1.29, 1.82) is 0 Å². The Balaban J connectivity index is 2.32. The van der Waals surface area contributed by atoms with Crippen LogP contribution in [-0.4, -0.2) is 10.9 Å². The topological polar surface area (TPSA) is 42.0 Å². The van der Waals surface area contributed by atoms with Crippen molar-refractivity contribution in [1.82, 2.24) is 4.98 Å². The second-order valence-electron chi connectivity index (χ2n) is 3.55. The largest absolute Gasteiger partial charge is 0.319 e. The van der Waals surface area contributed by atoms with Gasteiger partial charge in [0.1, 0.15) is 5.82 Å². The SMILES string of the molecule is O=C(Nc1c(Cl)cc(F)cc1Cl)c1cnccc1Cl. The maximum atomic E-state index is 13.0. The van der Waals surface area contributed by atoms with Gasteiger partial charge in [-0.15, -0.1) is 0 Å².